The van der Waals surface area contributed by atoms with Crippen molar-refractivity contribution >= 4 is 11.6 Å². The molecule has 0 bridgehead atoms. The molecule has 1 aliphatic rings. The Balaban J connectivity index is 1.17. The molecule has 3 aromatic carbocycles. The largest absolute Gasteiger partial charge is 0.484 e. The first-order valence-electron chi connectivity index (χ1n) is 11.4. The number of rotatable bonds is 6. The van der Waals surface area contributed by atoms with Crippen molar-refractivity contribution < 1.29 is 14.1 Å². The zero-order chi connectivity index (χ0) is 23.3. The quantitative estimate of drug-likeness (QED) is 0.429. The van der Waals surface area contributed by atoms with E-state index in [0.29, 0.717) is 30.6 Å². The van der Waals surface area contributed by atoms with Gasteiger partial charge in [0.2, 0.25) is 5.82 Å². The molecular weight excluding hydrogens is 428 g/mol. The van der Waals surface area contributed by atoms with Crippen LogP contribution in [0.5, 0.6) is 5.75 Å². The van der Waals surface area contributed by atoms with Gasteiger partial charge in [0, 0.05) is 43.0 Å². The lowest BCUT2D eigenvalue weighted by Crippen LogP contribution is -2.50. The number of hydrogen-bond acceptors (Lipinski definition) is 6. The molecule has 5 rings (SSSR count). The molecule has 1 aromatic heterocycles. The maximum atomic E-state index is 12.7. The molecule has 1 aliphatic heterocycles. The Morgan fingerprint density at radius 1 is 0.912 bits per heavy atom. The molecular formula is C27H26N4O3. The van der Waals surface area contributed by atoms with Gasteiger partial charge in [-0.15, -0.1) is 0 Å². The Kier molecular flexibility index (Phi) is 6.25. The zero-order valence-electron chi connectivity index (χ0n) is 19.1. The molecule has 0 radical (unpaired) electrons. The van der Waals surface area contributed by atoms with Crippen LogP contribution in [0.15, 0.2) is 83.4 Å². The van der Waals surface area contributed by atoms with Crippen LogP contribution in [0.3, 0.4) is 0 Å². The number of hydrogen-bond donors (Lipinski definition) is 0. The Bertz CT molecular complexity index is 1250. The maximum Gasteiger partial charge on any atom is 0.260 e. The second-order valence-electron chi connectivity index (χ2n) is 8.31. The second-order valence-corrected chi connectivity index (χ2v) is 8.31. The molecule has 0 saturated carbocycles. The van der Waals surface area contributed by atoms with Gasteiger partial charge in [-0.2, -0.15) is 4.98 Å². The number of nitrogens with zero attached hydrogens (tertiary/aromatic N) is 4. The molecule has 2 heterocycles. The molecule has 0 aliphatic carbocycles. The van der Waals surface area contributed by atoms with E-state index in [4.69, 9.17) is 9.26 Å². The van der Waals surface area contributed by atoms with Crippen molar-refractivity contribution in [3.8, 4) is 28.6 Å². The van der Waals surface area contributed by atoms with Crippen molar-refractivity contribution in [1.29, 1.82) is 0 Å². The summed E-state index contributed by atoms with van der Waals surface area (Å²) in [7, 11) is 0. The number of para-hydroxylation sites is 1. The van der Waals surface area contributed by atoms with Crippen molar-refractivity contribution in [2.24, 2.45) is 0 Å². The summed E-state index contributed by atoms with van der Waals surface area (Å²) in [6.45, 7) is 5.01. The lowest BCUT2D eigenvalue weighted by atomic mass is 10.1. The Morgan fingerprint density at radius 3 is 2.44 bits per heavy atom. The maximum absolute atomic E-state index is 12.7. The van der Waals surface area contributed by atoms with Crippen molar-refractivity contribution in [2.45, 2.75) is 6.92 Å². The first kappa shape index (κ1) is 21.7. The van der Waals surface area contributed by atoms with Crippen LogP contribution in [-0.4, -0.2) is 53.7 Å². The lowest BCUT2D eigenvalue weighted by molar-refractivity contribution is -0.133. The number of amides is 1. The summed E-state index contributed by atoms with van der Waals surface area (Å²) in [5.41, 5.74) is 4.00. The van der Waals surface area contributed by atoms with E-state index < -0.39 is 0 Å². The van der Waals surface area contributed by atoms with Crippen LogP contribution in [0.1, 0.15) is 5.56 Å². The number of anilines is 1. The zero-order valence-corrected chi connectivity index (χ0v) is 19.1. The second kappa shape index (κ2) is 9.79. The summed E-state index contributed by atoms with van der Waals surface area (Å²) >= 11 is 0. The molecule has 0 atom stereocenters. The highest BCUT2D eigenvalue weighted by Gasteiger charge is 2.21. The summed E-state index contributed by atoms with van der Waals surface area (Å²) in [6.07, 6.45) is 0. The molecule has 7 heteroatoms. The van der Waals surface area contributed by atoms with Gasteiger partial charge in [0.25, 0.3) is 11.8 Å². The van der Waals surface area contributed by atoms with Crippen molar-refractivity contribution in [3.05, 3.63) is 84.4 Å². The lowest BCUT2D eigenvalue weighted by Gasteiger charge is -2.36. The molecule has 0 N–H and O–H groups in total. The standard InChI is InChI=1S/C27H26N4O3/c1-20-10-12-21(13-11-20)26-28-27(34-29-26)22-6-5-9-24(18-22)33-19-25(32)31-16-14-30(15-17-31)23-7-3-2-4-8-23/h2-13,18H,14-17,19H2,1H3. The molecule has 0 spiro atoms. The number of carbonyl (C=O) groups excluding carboxylic acids is 1. The van der Waals surface area contributed by atoms with Gasteiger partial charge in [-0.25, -0.2) is 0 Å². The summed E-state index contributed by atoms with van der Waals surface area (Å²) in [5.74, 6) is 1.51. The number of carbonyl (C=O) groups is 1. The third kappa shape index (κ3) is 4.93. The van der Waals surface area contributed by atoms with Crippen molar-refractivity contribution in [2.75, 3.05) is 37.7 Å². The van der Waals surface area contributed by atoms with Gasteiger partial charge >= 0.3 is 0 Å². The Labute approximate surface area is 198 Å². The van der Waals surface area contributed by atoms with E-state index >= 15 is 0 Å². The van der Waals surface area contributed by atoms with Gasteiger partial charge < -0.3 is 19.1 Å². The van der Waals surface area contributed by atoms with E-state index in [1.165, 1.54) is 11.3 Å². The first-order valence-corrected chi connectivity index (χ1v) is 11.4. The Morgan fingerprint density at radius 2 is 1.68 bits per heavy atom. The van der Waals surface area contributed by atoms with Crippen LogP contribution in [0.25, 0.3) is 22.8 Å². The average molecular weight is 455 g/mol. The molecule has 34 heavy (non-hydrogen) atoms. The van der Waals surface area contributed by atoms with Crippen LogP contribution < -0.4 is 9.64 Å². The molecule has 7 nitrogen and oxygen atoms in total. The van der Waals surface area contributed by atoms with E-state index in [1.54, 1.807) is 0 Å². The van der Waals surface area contributed by atoms with Crippen LogP contribution >= 0.6 is 0 Å². The van der Waals surface area contributed by atoms with Gasteiger partial charge in [0.15, 0.2) is 6.61 Å². The first-order chi connectivity index (χ1) is 16.7. The topological polar surface area (TPSA) is 71.7 Å². The molecule has 1 saturated heterocycles. The fraction of sp³-hybridized carbons (Fsp3) is 0.222. The van der Waals surface area contributed by atoms with Crippen LogP contribution in [0.2, 0.25) is 0 Å². The minimum absolute atomic E-state index is 0.00671. The third-order valence-corrected chi connectivity index (χ3v) is 5.93. The van der Waals surface area contributed by atoms with E-state index in [-0.39, 0.29) is 12.5 Å². The smallest absolute Gasteiger partial charge is 0.260 e. The minimum atomic E-state index is -0.0161. The van der Waals surface area contributed by atoms with E-state index in [9.17, 15) is 4.79 Å². The molecule has 1 amide bonds. The monoisotopic (exact) mass is 454 g/mol. The number of aromatic nitrogens is 2. The van der Waals surface area contributed by atoms with E-state index in [0.717, 1.165) is 24.2 Å². The SMILES string of the molecule is Cc1ccc(-c2noc(-c3cccc(OCC(=O)N4CCN(c5ccccc5)CC4)c3)n2)cc1. The summed E-state index contributed by atoms with van der Waals surface area (Å²) in [5, 5.41) is 4.09. The third-order valence-electron chi connectivity index (χ3n) is 5.93. The fourth-order valence-corrected chi connectivity index (χ4v) is 3.97. The minimum Gasteiger partial charge on any atom is -0.484 e. The van der Waals surface area contributed by atoms with Gasteiger partial charge in [-0.05, 0) is 37.3 Å². The van der Waals surface area contributed by atoms with Crippen LogP contribution in [0, 0.1) is 6.92 Å². The highest BCUT2D eigenvalue weighted by molar-refractivity contribution is 5.78. The van der Waals surface area contributed by atoms with Gasteiger partial charge in [-0.1, -0.05) is 59.3 Å². The van der Waals surface area contributed by atoms with Crippen LogP contribution in [-0.2, 0) is 4.79 Å². The number of ether oxygens (including phenoxy) is 1. The fourth-order valence-electron chi connectivity index (χ4n) is 3.97. The van der Waals surface area contributed by atoms with Gasteiger partial charge in [0.05, 0.1) is 0 Å². The normalized spacial score (nSPS) is 13.7. The summed E-state index contributed by atoms with van der Waals surface area (Å²) in [6, 6.07) is 25.6. The number of aryl methyl sites for hydroxylation is 1. The highest BCUT2D eigenvalue weighted by atomic mass is 16.5. The van der Waals surface area contributed by atoms with Crippen molar-refractivity contribution in [3.63, 3.8) is 0 Å². The summed E-state index contributed by atoms with van der Waals surface area (Å²) < 4.78 is 11.3. The van der Waals surface area contributed by atoms with Crippen LogP contribution in [0.4, 0.5) is 5.69 Å². The predicted molar refractivity (Wildman–Crippen MR) is 131 cm³/mol. The van der Waals surface area contributed by atoms with Gasteiger partial charge in [-0.3, -0.25) is 4.79 Å². The van der Waals surface area contributed by atoms with E-state index in [1.807, 2.05) is 78.6 Å². The predicted octanol–water partition coefficient (Wildman–Crippen LogP) is 4.44. The van der Waals surface area contributed by atoms with Gasteiger partial charge in [0.1, 0.15) is 5.75 Å². The summed E-state index contributed by atoms with van der Waals surface area (Å²) in [4.78, 5) is 21.4. The Hall–Kier alpha value is -4.13. The molecule has 172 valence electrons. The van der Waals surface area contributed by atoms with Crippen molar-refractivity contribution in [1.82, 2.24) is 15.0 Å². The molecule has 0 unspecified atom stereocenters. The highest BCUT2D eigenvalue weighted by Crippen LogP contribution is 2.25. The van der Waals surface area contributed by atoms with E-state index in [2.05, 4.69) is 27.2 Å². The number of piperazine rings is 1. The molecule has 4 aromatic rings. The molecule has 1 fully saturated rings. The average Bonchev–Trinajstić information content (AvgIpc) is 3.39. The number of benzene rings is 3.